The van der Waals surface area contributed by atoms with Crippen LogP contribution in [0, 0.1) is 27.7 Å². The number of benzene rings is 1. The fourth-order valence-electron chi connectivity index (χ4n) is 2.77. The van der Waals surface area contributed by atoms with E-state index in [-0.39, 0.29) is 5.56 Å². The number of ether oxygens (including phenoxy) is 1. The molecule has 0 unspecified atom stereocenters. The van der Waals surface area contributed by atoms with E-state index in [9.17, 15) is 4.79 Å². The first-order valence-corrected chi connectivity index (χ1v) is 10.2. The third-order valence-corrected chi connectivity index (χ3v) is 6.05. The SMILES string of the molecule is Cc1cc(C)cc(OCCSCc2nc3sc(C)c(C)c3c(=O)[nH]2)c1. The molecule has 0 atom stereocenters. The normalized spacial score (nSPS) is 11.2. The van der Waals surface area contributed by atoms with Crippen LogP contribution in [0.4, 0.5) is 0 Å². The Morgan fingerprint density at radius 1 is 1.16 bits per heavy atom. The molecule has 3 rings (SSSR count). The van der Waals surface area contributed by atoms with Gasteiger partial charge < -0.3 is 9.72 Å². The van der Waals surface area contributed by atoms with Gasteiger partial charge in [0.05, 0.1) is 17.7 Å². The molecule has 0 fully saturated rings. The van der Waals surface area contributed by atoms with Crippen molar-refractivity contribution in [2.75, 3.05) is 12.4 Å². The van der Waals surface area contributed by atoms with Crippen molar-refractivity contribution in [3.8, 4) is 5.75 Å². The lowest BCUT2D eigenvalue weighted by atomic mass is 10.1. The largest absolute Gasteiger partial charge is 0.493 e. The number of aromatic nitrogens is 2. The highest BCUT2D eigenvalue weighted by Gasteiger charge is 2.11. The molecule has 0 saturated carbocycles. The van der Waals surface area contributed by atoms with E-state index in [1.54, 1.807) is 23.1 Å². The minimum atomic E-state index is -0.0334. The van der Waals surface area contributed by atoms with E-state index in [1.807, 2.05) is 26.0 Å². The van der Waals surface area contributed by atoms with E-state index in [0.717, 1.165) is 38.0 Å². The second-order valence-electron chi connectivity index (χ2n) is 6.20. The van der Waals surface area contributed by atoms with Gasteiger partial charge in [-0.1, -0.05) is 6.07 Å². The molecule has 2 heterocycles. The van der Waals surface area contributed by atoms with Gasteiger partial charge in [-0.2, -0.15) is 11.8 Å². The minimum Gasteiger partial charge on any atom is -0.493 e. The Balaban J connectivity index is 1.55. The summed E-state index contributed by atoms with van der Waals surface area (Å²) in [5.74, 6) is 3.17. The van der Waals surface area contributed by atoms with E-state index < -0.39 is 0 Å². The van der Waals surface area contributed by atoms with Crippen LogP contribution < -0.4 is 10.3 Å². The van der Waals surface area contributed by atoms with E-state index in [0.29, 0.717) is 12.4 Å². The quantitative estimate of drug-likeness (QED) is 0.644. The number of nitrogens with one attached hydrogen (secondary N) is 1. The Bertz CT molecular complexity index is 940. The molecule has 0 spiro atoms. The summed E-state index contributed by atoms with van der Waals surface area (Å²) in [6.07, 6.45) is 0. The second-order valence-corrected chi connectivity index (χ2v) is 8.51. The molecule has 0 radical (unpaired) electrons. The first-order valence-electron chi connectivity index (χ1n) is 8.22. The smallest absolute Gasteiger partial charge is 0.259 e. The molecule has 3 aromatic rings. The molecule has 0 bridgehead atoms. The Morgan fingerprint density at radius 2 is 1.88 bits per heavy atom. The van der Waals surface area contributed by atoms with Crippen LogP contribution in [-0.4, -0.2) is 22.3 Å². The summed E-state index contributed by atoms with van der Waals surface area (Å²) in [6.45, 7) is 8.78. The number of thiophene rings is 1. The summed E-state index contributed by atoms with van der Waals surface area (Å²) < 4.78 is 5.81. The zero-order chi connectivity index (χ0) is 18.0. The molecule has 0 aliphatic carbocycles. The van der Waals surface area contributed by atoms with Crippen LogP contribution in [0.3, 0.4) is 0 Å². The number of fused-ring (bicyclic) bond motifs is 1. The average molecular weight is 375 g/mol. The van der Waals surface area contributed by atoms with Crippen LogP contribution in [0.2, 0.25) is 0 Å². The number of hydrogen-bond acceptors (Lipinski definition) is 5. The monoisotopic (exact) mass is 374 g/mol. The summed E-state index contributed by atoms with van der Waals surface area (Å²) in [5, 5.41) is 0.731. The molecule has 1 aromatic carbocycles. The van der Waals surface area contributed by atoms with Gasteiger partial charge in [0, 0.05) is 10.6 Å². The number of aryl methyl sites for hydroxylation is 4. The Labute approximate surface area is 155 Å². The van der Waals surface area contributed by atoms with Gasteiger partial charge in [0.2, 0.25) is 0 Å². The maximum absolute atomic E-state index is 12.2. The van der Waals surface area contributed by atoms with E-state index in [4.69, 9.17) is 4.74 Å². The van der Waals surface area contributed by atoms with Crippen molar-refractivity contribution in [1.29, 1.82) is 0 Å². The van der Waals surface area contributed by atoms with Crippen molar-refractivity contribution >= 4 is 33.3 Å². The molecule has 0 aliphatic heterocycles. The van der Waals surface area contributed by atoms with Gasteiger partial charge in [-0.25, -0.2) is 4.98 Å². The molecule has 2 aromatic heterocycles. The van der Waals surface area contributed by atoms with Crippen molar-refractivity contribution < 1.29 is 4.74 Å². The van der Waals surface area contributed by atoms with Gasteiger partial charge in [0.25, 0.3) is 5.56 Å². The van der Waals surface area contributed by atoms with Gasteiger partial charge in [-0.3, -0.25) is 4.79 Å². The van der Waals surface area contributed by atoms with Crippen LogP contribution in [0.5, 0.6) is 5.75 Å². The van der Waals surface area contributed by atoms with Gasteiger partial charge in [0.1, 0.15) is 16.4 Å². The number of nitrogens with zero attached hydrogens (tertiary/aromatic N) is 1. The zero-order valence-corrected chi connectivity index (χ0v) is 16.6. The molecule has 25 heavy (non-hydrogen) atoms. The topological polar surface area (TPSA) is 55.0 Å². The van der Waals surface area contributed by atoms with Crippen molar-refractivity contribution in [3.05, 3.63) is 55.9 Å². The predicted octanol–water partition coefficient (Wildman–Crippen LogP) is 4.53. The van der Waals surface area contributed by atoms with Gasteiger partial charge in [-0.15, -0.1) is 11.3 Å². The van der Waals surface area contributed by atoms with Crippen molar-refractivity contribution in [3.63, 3.8) is 0 Å². The molecular weight excluding hydrogens is 352 g/mol. The van der Waals surface area contributed by atoms with E-state index >= 15 is 0 Å². The molecule has 0 amide bonds. The Morgan fingerprint density at radius 3 is 2.60 bits per heavy atom. The zero-order valence-electron chi connectivity index (χ0n) is 14.9. The summed E-state index contributed by atoms with van der Waals surface area (Å²) in [7, 11) is 0. The second kappa shape index (κ2) is 7.62. The molecule has 0 aliphatic rings. The van der Waals surface area contributed by atoms with Crippen LogP contribution in [0.15, 0.2) is 23.0 Å². The predicted molar refractivity (Wildman–Crippen MR) is 107 cm³/mol. The summed E-state index contributed by atoms with van der Waals surface area (Å²) in [5.41, 5.74) is 3.42. The number of rotatable bonds is 6. The summed E-state index contributed by atoms with van der Waals surface area (Å²) >= 11 is 3.29. The number of aromatic amines is 1. The fourth-order valence-corrected chi connectivity index (χ4v) is 4.50. The third kappa shape index (κ3) is 4.25. The first kappa shape index (κ1) is 18.0. The fraction of sp³-hybridized carbons (Fsp3) is 0.368. The van der Waals surface area contributed by atoms with Crippen LogP contribution >= 0.6 is 23.1 Å². The number of thioether (sulfide) groups is 1. The minimum absolute atomic E-state index is 0.0334. The average Bonchev–Trinajstić information content (AvgIpc) is 2.81. The third-order valence-electron chi connectivity index (χ3n) is 4.02. The number of hydrogen-bond donors (Lipinski definition) is 1. The van der Waals surface area contributed by atoms with E-state index in [1.165, 1.54) is 11.1 Å². The van der Waals surface area contributed by atoms with Gasteiger partial charge in [-0.05, 0) is 56.5 Å². The molecule has 0 saturated heterocycles. The lowest BCUT2D eigenvalue weighted by Gasteiger charge is -2.08. The highest BCUT2D eigenvalue weighted by molar-refractivity contribution is 7.98. The number of H-pyrrole nitrogens is 1. The molecule has 1 N–H and O–H groups in total. The molecule has 4 nitrogen and oxygen atoms in total. The Hall–Kier alpha value is -1.79. The van der Waals surface area contributed by atoms with Crippen LogP contribution in [-0.2, 0) is 5.75 Å². The lowest BCUT2D eigenvalue weighted by Crippen LogP contribution is -2.11. The maximum Gasteiger partial charge on any atom is 0.259 e. The summed E-state index contributed by atoms with van der Waals surface area (Å²) in [6, 6.07) is 6.23. The van der Waals surface area contributed by atoms with Gasteiger partial charge >= 0.3 is 0 Å². The molecule has 6 heteroatoms. The van der Waals surface area contributed by atoms with Crippen molar-refractivity contribution in [2.24, 2.45) is 0 Å². The summed E-state index contributed by atoms with van der Waals surface area (Å²) in [4.78, 5) is 21.7. The van der Waals surface area contributed by atoms with Crippen molar-refractivity contribution in [1.82, 2.24) is 9.97 Å². The molecule has 132 valence electrons. The van der Waals surface area contributed by atoms with E-state index in [2.05, 4.69) is 29.9 Å². The standard InChI is InChI=1S/C19H22N2O2S2/c1-11-7-12(2)9-15(8-11)23-5-6-24-10-16-20-18(22)17-13(3)14(4)25-19(17)21-16/h7-9H,5-6,10H2,1-4H3,(H,20,21,22). The maximum atomic E-state index is 12.2. The van der Waals surface area contributed by atoms with Gasteiger partial charge in [0.15, 0.2) is 0 Å². The molecular formula is C19H22N2O2S2. The highest BCUT2D eigenvalue weighted by atomic mass is 32.2. The lowest BCUT2D eigenvalue weighted by molar-refractivity contribution is 0.343. The first-order chi connectivity index (χ1) is 11.9. The van der Waals surface area contributed by atoms with Crippen LogP contribution in [0.1, 0.15) is 27.4 Å². The Kier molecular flexibility index (Phi) is 5.49. The van der Waals surface area contributed by atoms with Crippen LogP contribution in [0.25, 0.3) is 10.2 Å². The van der Waals surface area contributed by atoms with Crippen molar-refractivity contribution in [2.45, 2.75) is 33.4 Å². The highest BCUT2D eigenvalue weighted by Crippen LogP contribution is 2.26.